The minimum absolute atomic E-state index is 0.0465. The average molecular weight is 587 g/mol. The Morgan fingerprint density at radius 2 is 1.80 bits per heavy atom. The van der Waals surface area contributed by atoms with Gasteiger partial charge < -0.3 is 15.0 Å². The molecule has 2 amide bonds. The molecule has 0 aromatic heterocycles. The van der Waals surface area contributed by atoms with Crippen LogP contribution in [0.5, 0.6) is 5.75 Å². The number of nitro groups is 1. The topological polar surface area (TPSA) is 139 Å². The van der Waals surface area contributed by atoms with Crippen LogP contribution in [-0.2, 0) is 14.8 Å². The monoisotopic (exact) mass is 586 g/mol. The number of benzene rings is 3. The van der Waals surface area contributed by atoms with Gasteiger partial charge in [0.1, 0.15) is 12.3 Å². The van der Waals surface area contributed by atoms with Gasteiger partial charge in [-0.25, -0.2) is 8.42 Å². The molecule has 11 nitrogen and oxygen atoms in total. The SMILES string of the molecule is COc1ccc(Cl)cc1N(CC(=O)Nc1ccccc1C(=O)N1CCCC1)S(=O)(=O)c1ccc(C)c([N+](=O)[O-])c1. The van der Waals surface area contributed by atoms with Gasteiger partial charge in [0.25, 0.3) is 21.6 Å². The van der Waals surface area contributed by atoms with Crippen molar-refractivity contribution in [3.8, 4) is 5.75 Å². The number of methoxy groups -OCH3 is 1. The van der Waals surface area contributed by atoms with Crippen molar-refractivity contribution in [2.45, 2.75) is 24.7 Å². The predicted molar refractivity (Wildman–Crippen MR) is 151 cm³/mol. The summed E-state index contributed by atoms with van der Waals surface area (Å²) < 4.78 is 33.9. The molecule has 1 fully saturated rings. The van der Waals surface area contributed by atoms with Gasteiger partial charge in [-0.05, 0) is 56.2 Å². The van der Waals surface area contributed by atoms with Crippen molar-refractivity contribution < 1.29 is 27.7 Å². The van der Waals surface area contributed by atoms with Gasteiger partial charge >= 0.3 is 0 Å². The molecular formula is C27H27ClN4O7S. The first-order valence-electron chi connectivity index (χ1n) is 12.3. The van der Waals surface area contributed by atoms with Crippen LogP contribution >= 0.6 is 11.6 Å². The third-order valence-electron chi connectivity index (χ3n) is 6.49. The fourth-order valence-electron chi connectivity index (χ4n) is 4.42. The molecule has 1 aliphatic heterocycles. The molecule has 1 saturated heterocycles. The van der Waals surface area contributed by atoms with Crippen LogP contribution in [0.4, 0.5) is 17.1 Å². The van der Waals surface area contributed by atoms with E-state index in [-0.39, 0.29) is 39.2 Å². The van der Waals surface area contributed by atoms with E-state index in [2.05, 4.69) is 5.32 Å². The zero-order valence-electron chi connectivity index (χ0n) is 21.8. The lowest BCUT2D eigenvalue weighted by Crippen LogP contribution is -2.38. The molecule has 0 saturated carbocycles. The molecule has 0 spiro atoms. The Morgan fingerprint density at radius 3 is 2.48 bits per heavy atom. The van der Waals surface area contributed by atoms with Gasteiger partial charge in [0, 0.05) is 29.7 Å². The molecule has 40 heavy (non-hydrogen) atoms. The quantitative estimate of drug-likeness (QED) is 0.285. The number of ether oxygens (including phenoxy) is 1. The fourth-order valence-corrected chi connectivity index (χ4v) is 6.03. The van der Waals surface area contributed by atoms with E-state index in [1.807, 2.05) is 0 Å². The maximum Gasteiger partial charge on any atom is 0.273 e. The number of sulfonamides is 1. The second-order valence-corrected chi connectivity index (χ2v) is 11.4. The molecule has 1 aliphatic rings. The summed E-state index contributed by atoms with van der Waals surface area (Å²) in [5.41, 5.74) is 0.341. The molecule has 0 bridgehead atoms. The van der Waals surface area contributed by atoms with E-state index in [1.165, 1.54) is 44.4 Å². The van der Waals surface area contributed by atoms with E-state index in [0.717, 1.165) is 23.2 Å². The smallest absolute Gasteiger partial charge is 0.273 e. The van der Waals surface area contributed by atoms with Crippen molar-refractivity contribution in [3.05, 3.63) is 86.9 Å². The van der Waals surface area contributed by atoms with Crippen molar-refractivity contribution in [2.75, 3.05) is 36.4 Å². The van der Waals surface area contributed by atoms with Gasteiger partial charge in [0.2, 0.25) is 5.91 Å². The summed E-state index contributed by atoms with van der Waals surface area (Å²) in [7, 11) is -3.22. The molecule has 1 heterocycles. The fraction of sp³-hybridized carbons (Fsp3) is 0.259. The number of likely N-dealkylation sites (tertiary alicyclic amines) is 1. The van der Waals surface area contributed by atoms with Crippen molar-refractivity contribution in [1.29, 1.82) is 0 Å². The molecule has 210 valence electrons. The standard InChI is InChI=1S/C27H27ClN4O7S/c1-18-9-11-20(16-23(18)32(35)36)40(37,38)31(24-15-19(28)10-12-25(24)39-2)17-26(33)29-22-8-4-3-7-21(22)27(34)30-13-5-6-14-30/h3-4,7-12,15-16H,5-6,13-14,17H2,1-2H3,(H,29,33). The van der Waals surface area contributed by atoms with Gasteiger partial charge in [-0.2, -0.15) is 0 Å². The largest absolute Gasteiger partial charge is 0.495 e. The number of aryl methyl sites for hydroxylation is 1. The van der Waals surface area contributed by atoms with Crippen LogP contribution in [0.25, 0.3) is 0 Å². The number of halogens is 1. The average Bonchev–Trinajstić information content (AvgIpc) is 3.47. The zero-order chi connectivity index (χ0) is 29.0. The number of carbonyl (C=O) groups excluding carboxylic acids is 2. The minimum atomic E-state index is -4.55. The summed E-state index contributed by atoms with van der Waals surface area (Å²) in [6.45, 7) is 1.97. The van der Waals surface area contributed by atoms with Crippen LogP contribution in [0.3, 0.4) is 0 Å². The minimum Gasteiger partial charge on any atom is -0.495 e. The molecule has 13 heteroatoms. The molecular weight excluding hydrogens is 560 g/mol. The highest BCUT2D eigenvalue weighted by Crippen LogP contribution is 2.36. The zero-order valence-corrected chi connectivity index (χ0v) is 23.4. The summed E-state index contributed by atoms with van der Waals surface area (Å²) in [4.78, 5) is 38.5. The Kier molecular flexibility index (Phi) is 8.60. The molecule has 0 atom stereocenters. The van der Waals surface area contributed by atoms with Gasteiger partial charge in [-0.1, -0.05) is 29.8 Å². The van der Waals surface area contributed by atoms with E-state index < -0.39 is 38.0 Å². The van der Waals surface area contributed by atoms with Crippen LogP contribution in [0.2, 0.25) is 5.02 Å². The highest BCUT2D eigenvalue weighted by atomic mass is 35.5. The lowest BCUT2D eigenvalue weighted by molar-refractivity contribution is -0.385. The normalized spacial score (nSPS) is 13.1. The maximum absolute atomic E-state index is 13.9. The summed E-state index contributed by atoms with van der Waals surface area (Å²) in [6, 6.07) is 14.2. The van der Waals surface area contributed by atoms with Gasteiger partial charge in [0.05, 0.1) is 33.9 Å². The number of anilines is 2. The Balaban J connectivity index is 1.73. The van der Waals surface area contributed by atoms with Gasteiger partial charge in [-0.15, -0.1) is 0 Å². The third-order valence-corrected chi connectivity index (χ3v) is 8.48. The lowest BCUT2D eigenvalue weighted by atomic mass is 10.1. The second-order valence-electron chi connectivity index (χ2n) is 9.13. The number of carbonyl (C=O) groups is 2. The van der Waals surface area contributed by atoms with Crippen LogP contribution in [-0.4, -0.2) is 56.8 Å². The molecule has 4 rings (SSSR count). The van der Waals surface area contributed by atoms with Crippen molar-refractivity contribution in [3.63, 3.8) is 0 Å². The molecule has 1 N–H and O–H groups in total. The van der Waals surface area contributed by atoms with Crippen LogP contribution in [0, 0.1) is 17.0 Å². The molecule has 3 aromatic rings. The van der Waals surface area contributed by atoms with E-state index in [0.29, 0.717) is 13.1 Å². The van der Waals surface area contributed by atoms with Crippen LogP contribution in [0.1, 0.15) is 28.8 Å². The number of hydrogen-bond acceptors (Lipinski definition) is 7. The summed E-state index contributed by atoms with van der Waals surface area (Å²) >= 11 is 6.18. The molecule has 0 aliphatic carbocycles. The van der Waals surface area contributed by atoms with Crippen molar-refractivity contribution in [1.82, 2.24) is 4.90 Å². The summed E-state index contributed by atoms with van der Waals surface area (Å²) in [5.74, 6) is -0.887. The van der Waals surface area contributed by atoms with Crippen molar-refractivity contribution in [2.24, 2.45) is 0 Å². The molecule has 0 unspecified atom stereocenters. The number of amides is 2. The number of nitro benzene ring substituents is 1. The highest BCUT2D eigenvalue weighted by Gasteiger charge is 2.32. The van der Waals surface area contributed by atoms with E-state index in [9.17, 15) is 28.1 Å². The van der Waals surface area contributed by atoms with Gasteiger partial charge in [0.15, 0.2) is 0 Å². The maximum atomic E-state index is 13.9. The molecule has 0 radical (unpaired) electrons. The van der Waals surface area contributed by atoms with Crippen LogP contribution < -0.4 is 14.4 Å². The number of rotatable bonds is 9. The predicted octanol–water partition coefficient (Wildman–Crippen LogP) is 4.64. The summed E-state index contributed by atoms with van der Waals surface area (Å²) in [6.07, 6.45) is 1.79. The molecule has 3 aromatic carbocycles. The third kappa shape index (κ3) is 6.02. The summed E-state index contributed by atoms with van der Waals surface area (Å²) in [5, 5.41) is 14.3. The number of para-hydroxylation sites is 1. The second kappa shape index (κ2) is 11.9. The Morgan fingerprint density at radius 1 is 1.10 bits per heavy atom. The Hall–Kier alpha value is -4.16. The first kappa shape index (κ1) is 28.8. The first-order valence-corrected chi connectivity index (χ1v) is 14.1. The Labute approximate surface area is 236 Å². The van der Waals surface area contributed by atoms with E-state index >= 15 is 0 Å². The van der Waals surface area contributed by atoms with Gasteiger partial charge in [-0.3, -0.25) is 24.0 Å². The number of hydrogen-bond donors (Lipinski definition) is 1. The lowest BCUT2D eigenvalue weighted by Gasteiger charge is -2.26. The highest BCUT2D eigenvalue weighted by molar-refractivity contribution is 7.92. The van der Waals surface area contributed by atoms with E-state index in [4.69, 9.17) is 16.3 Å². The van der Waals surface area contributed by atoms with E-state index in [1.54, 1.807) is 29.2 Å². The van der Waals surface area contributed by atoms with Crippen molar-refractivity contribution >= 4 is 50.5 Å². The number of nitrogens with zero attached hydrogens (tertiary/aromatic N) is 3. The van der Waals surface area contributed by atoms with Crippen LogP contribution in [0.15, 0.2) is 65.6 Å². The Bertz CT molecular complexity index is 1570. The number of nitrogens with one attached hydrogen (secondary N) is 1. The first-order chi connectivity index (χ1) is 19.0.